The van der Waals surface area contributed by atoms with Crippen LogP contribution in [-0.4, -0.2) is 17.7 Å². The summed E-state index contributed by atoms with van der Waals surface area (Å²) in [6, 6.07) is 8.06. The lowest BCUT2D eigenvalue weighted by atomic mass is 10.1. The van der Waals surface area contributed by atoms with Crippen molar-refractivity contribution in [3.05, 3.63) is 29.8 Å². The van der Waals surface area contributed by atoms with Gasteiger partial charge in [0.25, 0.3) is 0 Å². The minimum atomic E-state index is -0.688. The fourth-order valence-corrected chi connectivity index (χ4v) is 1.99. The van der Waals surface area contributed by atoms with E-state index >= 15 is 0 Å². The lowest BCUT2D eigenvalue weighted by Gasteiger charge is -2.08. The maximum Gasteiger partial charge on any atom is 0.303 e. The summed E-state index contributed by atoms with van der Waals surface area (Å²) in [5.74, 6) is 0.288. The Morgan fingerprint density at radius 2 is 1.68 bits per heavy atom. The Labute approximate surface area is 115 Å². The average Bonchev–Trinajstić information content (AvgIpc) is 2.38. The number of carboxylic acids is 1. The Bertz CT molecular complexity index is 374. The second-order valence-electron chi connectivity index (χ2n) is 4.88. The summed E-state index contributed by atoms with van der Waals surface area (Å²) in [5.41, 5.74) is 1.18. The summed E-state index contributed by atoms with van der Waals surface area (Å²) in [4.78, 5) is 10.3. The van der Waals surface area contributed by atoms with Gasteiger partial charge >= 0.3 is 5.97 Å². The number of rotatable bonds is 10. The molecule has 0 unspecified atom stereocenters. The molecule has 1 aromatic rings. The maximum atomic E-state index is 10.3. The van der Waals surface area contributed by atoms with Crippen molar-refractivity contribution < 1.29 is 14.6 Å². The molecule has 0 radical (unpaired) electrons. The normalized spacial score (nSPS) is 10.4. The molecule has 0 heterocycles. The van der Waals surface area contributed by atoms with Crippen LogP contribution in [0, 0.1) is 6.92 Å². The first kappa shape index (κ1) is 15.5. The molecular weight excluding hydrogens is 240 g/mol. The van der Waals surface area contributed by atoms with Crippen molar-refractivity contribution in [2.24, 2.45) is 0 Å². The van der Waals surface area contributed by atoms with E-state index in [4.69, 9.17) is 9.84 Å². The van der Waals surface area contributed by atoms with E-state index in [-0.39, 0.29) is 0 Å². The molecule has 106 valence electrons. The van der Waals surface area contributed by atoms with Gasteiger partial charge in [-0.1, -0.05) is 43.9 Å². The number of benzene rings is 1. The van der Waals surface area contributed by atoms with E-state index in [1.165, 1.54) is 5.56 Å². The molecule has 1 N–H and O–H groups in total. The zero-order valence-electron chi connectivity index (χ0n) is 11.7. The first-order valence-electron chi connectivity index (χ1n) is 7.10. The predicted molar refractivity (Wildman–Crippen MR) is 76.6 cm³/mol. The van der Waals surface area contributed by atoms with Crippen molar-refractivity contribution in [1.29, 1.82) is 0 Å². The largest absolute Gasteiger partial charge is 0.493 e. The molecule has 19 heavy (non-hydrogen) atoms. The van der Waals surface area contributed by atoms with Gasteiger partial charge in [-0.05, 0) is 31.4 Å². The van der Waals surface area contributed by atoms with Gasteiger partial charge in [0.2, 0.25) is 0 Å². The fraction of sp³-hybridized carbons (Fsp3) is 0.562. The first-order valence-corrected chi connectivity index (χ1v) is 7.10. The van der Waals surface area contributed by atoms with E-state index in [2.05, 4.69) is 13.0 Å². The van der Waals surface area contributed by atoms with E-state index in [1.807, 2.05) is 18.2 Å². The van der Waals surface area contributed by atoms with Gasteiger partial charge in [-0.2, -0.15) is 0 Å². The number of aliphatic carboxylic acids is 1. The van der Waals surface area contributed by atoms with Crippen LogP contribution >= 0.6 is 0 Å². The Kier molecular flexibility index (Phi) is 7.71. The van der Waals surface area contributed by atoms with Crippen LogP contribution in [-0.2, 0) is 4.79 Å². The monoisotopic (exact) mass is 264 g/mol. The van der Waals surface area contributed by atoms with Gasteiger partial charge in [0, 0.05) is 6.42 Å². The van der Waals surface area contributed by atoms with E-state index in [0.29, 0.717) is 6.42 Å². The van der Waals surface area contributed by atoms with E-state index in [1.54, 1.807) is 0 Å². The average molecular weight is 264 g/mol. The minimum Gasteiger partial charge on any atom is -0.493 e. The Balaban J connectivity index is 1.94. The number of hydrogen-bond acceptors (Lipinski definition) is 2. The molecular formula is C16H24O3. The summed E-state index contributed by atoms with van der Waals surface area (Å²) >= 11 is 0. The van der Waals surface area contributed by atoms with Crippen LogP contribution in [0.3, 0.4) is 0 Å². The summed E-state index contributed by atoms with van der Waals surface area (Å²) in [5, 5.41) is 8.50. The van der Waals surface area contributed by atoms with Crippen LogP contribution in [0.25, 0.3) is 0 Å². The molecule has 0 atom stereocenters. The molecule has 0 saturated heterocycles. The molecule has 3 heteroatoms. The smallest absolute Gasteiger partial charge is 0.303 e. The van der Waals surface area contributed by atoms with Gasteiger partial charge in [-0.25, -0.2) is 0 Å². The second-order valence-corrected chi connectivity index (χ2v) is 4.88. The molecule has 0 aliphatic heterocycles. The van der Waals surface area contributed by atoms with Gasteiger partial charge < -0.3 is 9.84 Å². The Morgan fingerprint density at radius 1 is 1.05 bits per heavy atom. The molecule has 0 bridgehead atoms. The van der Waals surface area contributed by atoms with Crippen LogP contribution < -0.4 is 4.74 Å². The highest BCUT2D eigenvalue weighted by atomic mass is 16.5. The number of para-hydroxylation sites is 1. The minimum absolute atomic E-state index is 0.302. The highest BCUT2D eigenvalue weighted by molar-refractivity contribution is 5.66. The van der Waals surface area contributed by atoms with Crippen molar-refractivity contribution in [3.8, 4) is 5.75 Å². The number of ether oxygens (including phenoxy) is 1. The van der Waals surface area contributed by atoms with Gasteiger partial charge in [-0.15, -0.1) is 0 Å². The van der Waals surface area contributed by atoms with E-state index < -0.39 is 5.97 Å². The molecule has 1 rings (SSSR count). The van der Waals surface area contributed by atoms with Crippen molar-refractivity contribution in [3.63, 3.8) is 0 Å². The highest BCUT2D eigenvalue weighted by Crippen LogP contribution is 2.16. The molecule has 0 spiro atoms. The number of carbonyl (C=O) groups is 1. The summed E-state index contributed by atoms with van der Waals surface area (Å²) in [7, 11) is 0. The standard InChI is InChI=1S/C16H24O3/c1-14-10-7-8-11-15(14)19-13-9-5-3-2-4-6-12-16(17)18/h7-8,10-11H,2-6,9,12-13H2,1H3,(H,17,18). The van der Waals surface area contributed by atoms with E-state index in [9.17, 15) is 4.79 Å². The summed E-state index contributed by atoms with van der Waals surface area (Å²) in [6.07, 6.45) is 6.62. The van der Waals surface area contributed by atoms with Crippen LogP contribution in [0.4, 0.5) is 0 Å². The van der Waals surface area contributed by atoms with Crippen LogP contribution in [0.5, 0.6) is 5.75 Å². The predicted octanol–water partition coefficient (Wildman–Crippen LogP) is 4.19. The van der Waals surface area contributed by atoms with Crippen molar-refractivity contribution >= 4 is 5.97 Å². The zero-order valence-corrected chi connectivity index (χ0v) is 11.7. The third-order valence-electron chi connectivity index (χ3n) is 3.14. The molecule has 0 amide bonds. The topological polar surface area (TPSA) is 46.5 Å². The summed E-state index contributed by atoms with van der Waals surface area (Å²) < 4.78 is 5.72. The highest BCUT2D eigenvalue weighted by Gasteiger charge is 1.98. The molecule has 0 aliphatic carbocycles. The van der Waals surface area contributed by atoms with E-state index in [0.717, 1.165) is 50.9 Å². The molecule has 0 saturated carbocycles. The third kappa shape index (κ3) is 7.50. The zero-order chi connectivity index (χ0) is 13.9. The van der Waals surface area contributed by atoms with Crippen molar-refractivity contribution in [1.82, 2.24) is 0 Å². The SMILES string of the molecule is Cc1ccccc1OCCCCCCCCC(=O)O. The van der Waals surface area contributed by atoms with Crippen LogP contribution in [0.1, 0.15) is 50.5 Å². The Hall–Kier alpha value is -1.51. The number of carboxylic acid groups (broad SMARTS) is 1. The van der Waals surface area contributed by atoms with Crippen molar-refractivity contribution in [2.75, 3.05) is 6.61 Å². The van der Waals surface area contributed by atoms with Crippen LogP contribution in [0.15, 0.2) is 24.3 Å². The second kappa shape index (κ2) is 9.42. The molecule has 0 fully saturated rings. The van der Waals surface area contributed by atoms with Gasteiger partial charge in [-0.3, -0.25) is 4.79 Å². The summed E-state index contributed by atoms with van der Waals surface area (Å²) in [6.45, 7) is 2.82. The Morgan fingerprint density at radius 3 is 2.37 bits per heavy atom. The van der Waals surface area contributed by atoms with Gasteiger partial charge in [0.1, 0.15) is 5.75 Å². The van der Waals surface area contributed by atoms with Crippen molar-refractivity contribution in [2.45, 2.75) is 51.9 Å². The number of hydrogen-bond donors (Lipinski definition) is 1. The molecule has 0 aliphatic rings. The quantitative estimate of drug-likeness (QED) is 0.644. The fourth-order valence-electron chi connectivity index (χ4n) is 1.99. The lowest BCUT2D eigenvalue weighted by molar-refractivity contribution is -0.137. The van der Waals surface area contributed by atoms with Crippen LogP contribution in [0.2, 0.25) is 0 Å². The lowest BCUT2D eigenvalue weighted by Crippen LogP contribution is -1.98. The maximum absolute atomic E-state index is 10.3. The van der Waals surface area contributed by atoms with Gasteiger partial charge in [0.15, 0.2) is 0 Å². The molecule has 1 aromatic carbocycles. The first-order chi connectivity index (χ1) is 9.20. The number of aryl methyl sites for hydroxylation is 1. The molecule has 0 aromatic heterocycles. The third-order valence-corrected chi connectivity index (χ3v) is 3.14. The molecule has 3 nitrogen and oxygen atoms in total. The van der Waals surface area contributed by atoms with Gasteiger partial charge in [0.05, 0.1) is 6.61 Å². The number of unbranched alkanes of at least 4 members (excludes halogenated alkanes) is 5.